The highest BCUT2D eigenvalue weighted by Crippen LogP contribution is 2.11. The summed E-state index contributed by atoms with van der Waals surface area (Å²) >= 11 is 0. The van der Waals surface area contributed by atoms with E-state index in [1.807, 2.05) is 0 Å². The highest BCUT2D eigenvalue weighted by Gasteiger charge is 2.13. The van der Waals surface area contributed by atoms with E-state index >= 15 is 0 Å². The molecule has 1 aromatic carbocycles. The highest BCUT2D eigenvalue weighted by molar-refractivity contribution is 5.95. The number of hydrogen-bond donors (Lipinski definition) is 2. The first kappa shape index (κ1) is 14.5. The average molecular weight is 312 g/mol. The number of hydrazine groups is 1. The summed E-state index contributed by atoms with van der Waals surface area (Å²) in [6, 6.07) is 9.92. The molecule has 116 valence electrons. The Morgan fingerprint density at radius 2 is 1.96 bits per heavy atom. The van der Waals surface area contributed by atoms with Gasteiger partial charge in [0.25, 0.3) is 11.8 Å². The van der Waals surface area contributed by atoms with Gasteiger partial charge in [0.15, 0.2) is 5.58 Å². The number of aromatic nitrogens is 2. The Labute approximate surface area is 129 Å². The van der Waals surface area contributed by atoms with Gasteiger partial charge in [0.05, 0.1) is 11.1 Å². The molecule has 2 aromatic heterocycles. The van der Waals surface area contributed by atoms with Crippen LogP contribution in [0.4, 0.5) is 0 Å². The number of para-hydroxylation sites is 2. The molecule has 2 amide bonds. The SMILES string of the molecule is O=C(Cn1c(=O)oc2ccccc21)NNC(=O)c1cccnc1. The van der Waals surface area contributed by atoms with E-state index in [1.165, 1.54) is 17.0 Å². The van der Waals surface area contributed by atoms with E-state index in [-0.39, 0.29) is 6.54 Å². The van der Waals surface area contributed by atoms with Crippen molar-refractivity contribution >= 4 is 22.9 Å². The molecule has 0 atom stereocenters. The summed E-state index contributed by atoms with van der Waals surface area (Å²) in [5, 5.41) is 0. The lowest BCUT2D eigenvalue weighted by Gasteiger charge is -2.07. The van der Waals surface area contributed by atoms with Gasteiger partial charge in [-0.2, -0.15) is 0 Å². The zero-order valence-corrected chi connectivity index (χ0v) is 11.9. The molecule has 0 unspecified atom stereocenters. The van der Waals surface area contributed by atoms with Crippen molar-refractivity contribution in [3.8, 4) is 0 Å². The highest BCUT2D eigenvalue weighted by atomic mass is 16.4. The monoisotopic (exact) mass is 312 g/mol. The van der Waals surface area contributed by atoms with Crippen LogP contribution in [0.1, 0.15) is 10.4 Å². The van der Waals surface area contributed by atoms with E-state index in [1.54, 1.807) is 36.4 Å². The van der Waals surface area contributed by atoms with E-state index in [9.17, 15) is 14.4 Å². The first-order valence-corrected chi connectivity index (χ1v) is 6.73. The van der Waals surface area contributed by atoms with Crippen molar-refractivity contribution in [3.63, 3.8) is 0 Å². The van der Waals surface area contributed by atoms with Crippen molar-refractivity contribution in [2.45, 2.75) is 6.54 Å². The number of benzene rings is 1. The molecule has 23 heavy (non-hydrogen) atoms. The van der Waals surface area contributed by atoms with Gasteiger partial charge in [0.1, 0.15) is 6.54 Å². The molecule has 0 saturated heterocycles. The van der Waals surface area contributed by atoms with Gasteiger partial charge in [0, 0.05) is 12.4 Å². The van der Waals surface area contributed by atoms with Crippen LogP contribution in [-0.2, 0) is 11.3 Å². The summed E-state index contributed by atoms with van der Waals surface area (Å²) in [5.41, 5.74) is 5.70. The first-order chi connectivity index (χ1) is 11.1. The Morgan fingerprint density at radius 3 is 2.74 bits per heavy atom. The van der Waals surface area contributed by atoms with Crippen LogP contribution in [0.25, 0.3) is 11.1 Å². The molecule has 0 fully saturated rings. The average Bonchev–Trinajstić information content (AvgIpc) is 2.89. The summed E-state index contributed by atoms with van der Waals surface area (Å²) in [4.78, 5) is 39.2. The molecule has 0 bridgehead atoms. The maximum Gasteiger partial charge on any atom is 0.420 e. The van der Waals surface area contributed by atoms with Crippen LogP contribution in [0.15, 0.2) is 58.0 Å². The van der Waals surface area contributed by atoms with Crippen molar-refractivity contribution in [2.75, 3.05) is 0 Å². The number of nitrogens with zero attached hydrogens (tertiary/aromatic N) is 2. The van der Waals surface area contributed by atoms with Crippen LogP contribution in [0.2, 0.25) is 0 Å². The lowest BCUT2D eigenvalue weighted by molar-refractivity contribution is -0.122. The molecule has 2 N–H and O–H groups in total. The third-order valence-corrected chi connectivity index (χ3v) is 3.11. The lowest BCUT2D eigenvalue weighted by atomic mass is 10.3. The first-order valence-electron chi connectivity index (χ1n) is 6.73. The predicted molar refractivity (Wildman–Crippen MR) is 80.3 cm³/mol. The molecule has 0 saturated carbocycles. The van der Waals surface area contributed by atoms with Gasteiger partial charge >= 0.3 is 5.76 Å². The Bertz CT molecular complexity index is 914. The van der Waals surface area contributed by atoms with Gasteiger partial charge in [-0.3, -0.25) is 30.0 Å². The molecule has 8 heteroatoms. The fraction of sp³-hybridized carbons (Fsp3) is 0.0667. The number of amides is 2. The van der Waals surface area contributed by atoms with Gasteiger partial charge in [-0.15, -0.1) is 0 Å². The number of carbonyl (C=O) groups is 2. The molecule has 0 aliphatic carbocycles. The second kappa shape index (κ2) is 6.14. The van der Waals surface area contributed by atoms with E-state index in [2.05, 4.69) is 15.8 Å². The van der Waals surface area contributed by atoms with Crippen molar-refractivity contribution in [3.05, 3.63) is 64.9 Å². The zero-order chi connectivity index (χ0) is 16.2. The molecule has 0 radical (unpaired) electrons. The molecule has 8 nitrogen and oxygen atoms in total. The Kier molecular flexibility index (Phi) is 3.88. The van der Waals surface area contributed by atoms with E-state index < -0.39 is 17.6 Å². The minimum Gasteiger partial charge on any atom is -0.408 e. The number of nitrogens with one attached hydrogen (secondary N) is 2. The van der Waals surface area contributed by atoms with E-state index in [0.29, 0.717) is 16.7 Å². The van der Waals surface area contributed by atoms with Gasteiger partial charge in [-0.25, -0.2) is 4.79 Å². The van der Waals surface area contributed by atoms with Crippen LogP contribution in [0, 0.1) is 0 Å². The second-order valence-electron chi connectivity index (χ2n) is 4.67. The summed E-state index contributed by atoms with van der Waals surface area (Å²) in [6.07, 6.45) is 2.90. The summed E-state index contributed by atoms with van der Waals surface area (Å²) < 4.78 is 6.21. The van der Waals surface area contributed by atoms with Crippen molar-refractivity contribution in [1.29, 1.82) is 0 Å². The number of carbonyl (C=O) groups excluding carboxylic acids is 2. The molecule has 3 aromatic rings. The Balaban J connectivity index is 1.66. The molecular weight excluding hydrogens is 300 g/mol. The van der Waals surface area contributed by atoms with Crippen molar-refractivity contribution < 1.29 is 14.0 Å². The van der Waals surface area contributed by atoms with Gasteiger partial charge in [0.2, 0.25) is 0 Å². The number of fused-ring (bicyclic) bond motifs is 1. The molecule has 0 aliphatic rings. The third kappa shape index (κ3) is 3.10. The van der Waals surface area contributed by atoms with Gasteiger partial charge in [-0.05, 0) is 24.3 Å². The largest absolute Gasteiger partial charge is 0.420 e. The van der Waals surface area contributed by atoms with E-state index in [4.69, 9.17) is 4.42 Å². The van der Waals surface area contributed by atoms with Gasteiger partial charge < -0.3 is 4.42 Å². The fourth-order valence-corrected chi connectivity index (χ4v) is 2.04. The molecule has 3 rings (SSSR count). The zero-order valence-electron chi connectivity index (χ0n) is 11.9. The number of pyridine rings is 1. The predicted octanol–water partition coefficient (Wildman–Crippen LogP) is 0.451. The third-order valence-electron chi connectivity index (χ3n) is 3.11. The lowest BCUT2D eigenvalue weighted by Crippen LogP contribution is -2.43. The normalized spacial score (nSPS) is 10.4. The minimum atomic E-state index is -0.639. The Hall–Kier alpha value is -3.42. The van der Waals surface area contributed by atoms with Crippen LogP contribution < -0.4 is 16.6 Å². The number of hydrogen-bond acceptors (Lipinski definition) is 5. The summed E-state index contributed by atoms with van der Waals surface area (Å²) in [7, 11) is 0. The smallest absolute Gasteiger partial charge is 0.408 e. The fourth-order valence-electron chi connectivity index (χ4n) is 2.04. The van der Waals surface area contributed by atoms with Crippen molar-refractivity contribution in [1.82, 2.24) is 20.4 Å². The van der Waals surface area contributed by atoms with Gasteiger partial charge in [-0.1, -0.05) is 12.1 Å². The van der Waals surface area contributed by atoms with Crippen molar-refractivity contribution in [2.24, 2.45) is 0 Å². The Morgan fingerprint density at radius 1 is 1.13 bits per heavy atom. The van der Waals surface area contributed by atoms with E-state index in [0.717, 1.165) is 0 Å². The van der Waals surface area contributed by atoms with Crippen LogP contribution >= 0.6 is 0 Å². The second-order valence-corrected chi connectivity index (χ2v) is 4.67. The standard InChI is InChI=1S/C15H12N4O4/c20-13(17-18-14(21)10-4-3-7-16-8-10)9-19-11-5-1-2-6-12(11)23-15(19)22/h1-8H,9H2,(H,17,20)(H,18,21). The molecule has 2 heterocycles. The molecular formula is C15H12N4O4. The minimum absolute atomic E-state index is 0.275. The summed E-state index contributed by atoms with van der Waals surface area (Å²) in [5.74, 6) is -1.70. The van der Waals surface area contributed by atoms with Crippen LogP contribution in [0.5, 0.6) is 0 Å². The maximum atomic E-state index is 11.9. The van der Waals surface area contributed by atoms with Crippen LogP contribution in [-0.4, -0.2) is 21.4 Å². The van der Waals surface area contributed by atoms with Crippen LogP contribution in [0.3, 0.4) is 0 Å². The quantitative estimate of drug-likeness (QED) is 0.683. The summed E-state index contributed by atoms with van der Waals surface area (Å²) in [6.45, 7) is -0.275. The molecule has 0 spiro atoms. The number of rotatable bonds is 3. The maximum absolute atomic E-state index is 11.9. The topological polar surface area (TPSA) is 106 Å². The number of oxazole rings is 1. The molecule has 0 aliphatic heterocycles.